The summed E-state index contributed by atoms with van der Waals surface area (Å²) in [5, 5.41) is 0.214. The summed E-state index contributed by atoms with van der Waals surface area (Å²) in [4.78, 5) is 5.32. The van der Waals surface area contributed by atoms with E-state index in [0.29, 0.717) is 11.3 Å². The second-order valence-electron chi connectivity index (χ2n) is 5.76. The van der Waals surface area contributed by atoms with Gasteiger partial charge < -0.3 is 4.90 Å². The van der Waals surface area contributed by atoms with Crippen LogP contribution in [0.1, 0.15) is 12.0 Å². The van der Waals surface area contributed by atoms with Crippen LogP contribution in [0.15, 0.2) is 41.4 Å². The maximum Gasteiger partial charge on any atom is 0.232 e. The van der Waals surface area contributed by atoms with Crippen LogP contribution in [-0.4, -0.2) is 32.7 Å². The van der Waals surface area contributed by atoms with Gasteiger partial charge in [-0.1, -0.05) is 23.7 Å². The number of alkyl halides is 1. The van der Waals surface area contributed by atoms with Gasteiger partial charge in [0.15, 0.2) is 5.82 Å². The molecule has 1 aliphatic rings. The molecule has 0 bridgehead atoms. The van der Waals surface area contributed by atoms with E-state index in [1.807, 2.05) is 4.72 Å². The molecule has 1 N–H and O–H groups in total. The number of rotatable bonds is 6. The van der Waals surface area contributed by atoms with E-state index in [-0.39, 0.29) is 18.3 Å². The third-order valence-electron chi connectivity index (χ3n) is 3.92. The van der Waals surface area contributed by atoms with Crippen molar-refractivity contribution < 1.29 is 21.6 Å². The minimum absolute atomic E-state index is 0.137. The Morgan fingerprint density at radius 3 is 2.67 bits per heavy atom. The van der Waals surface area contributed by atoms with E-state index in [1.165, 1.54) is 4.90 Å². The fraction of sp³-hybridized carbons (Fsp3) is 0.235. The minimum Gasteiger partial charge on any atom is -0.316 e. The molecule has 3 rings (SSSR count). The summed E-state index contributed by atoms with van der Waals surface area (Å²) in [6.45, 7) is -0.955. The molecular formula is C17H15ClF3N3O2S. The second-order valence-corrected chi connectivity index (χ2v) is 7.96. The number of sulfonamides is 1. The summed E-state index contributed by atoms with van der Waals surface area (Å²) in [6.07, 6.45) is -0.224. The molecule has 27 heavy (non-hydrogen) atoms. The molecule has 5 nitrogen and oxygen atoms in total. The molecule has 0 spiro atoms. The average Bonchev–Trinajstić information content (AvgIpc) is 2.64. The lowest BCUT2D eigenvalue weighted by atomic mass is 10.1. The molecule has 0 aromatic heterocycles. The smallest absolute Gasteiger partial charge is 0.232 e. The number of anilines is 3. The van der Waals surface area contributed by atoms with Crippen molar-refractivity contribution in [3.8, 4) is 0 Å². The van der Waals surface area contributed by atoms with Gasteiger partial charge in [0.1, 0.15) is 23.3 Å². The molecule has 10 heteroatoms. The average molecular weight is 418 g/mol. The summed E-state index contributed by atoms with van der Waals surface area (Å²) in [7, 11) is -3.97. The van der Waals surface area contributed by atoms with Gasteiger partial charge in [0.05, 0.1) is 23.8 Å². The number of nitrogens with zero attached hydrogens (tertiary/aromatic N) is 2. The molecule has 0 aliphatic carbocycles. The first-order chi connectivity index (χ1) is 12.8. The first-order valence-corrected chi connectivity index (χ1v) is 9.98. The molecule has 2 aromatic carbocycles. The van der Waals surface area contributed by atoms with Crippen LogP contribution in [0.25, 0.3) is 0 Å². The van der Waals surface area contributed by atoms with Crippen molar-refractivity contribution in [2.45, 2.75) is 6.42 Å². The van der Waals surface area contributed by atoms with Gasteiger partial charge in [-0.15, -0.1) is 0 Å². The van der Waals surface area contributed by atoms with Gasteiger partial charge in [-0.2, -0.15) is 0 Å². The summed E-state index contributed by atoms with van der Waals surface area (Å²) in [5.74, 6) is -2.49. The van der Waals surface area contributed by atoms with Crippen molar-refractivity contribution >= 4 is 43.9 Å². The highest BCUT2D eigenvalue weighted by Crippen LogP contribution is 2.38. The Hall–Kier alpha value is -2.26. The summed E-state index contributed by atoms with van der Waals surface area (Å²) in [5.41, 5.74) is 0.0512. The number of fused-ring (bicyclic) bond motifs is 1. The maximum absolute atomic E-state index is 15.0. The molecular weight excluding hydrogens is 403 g/mol. The molecule has 0 fully saturated rings. The first kappa shape index (κ1) is 19.5. The van der Waals surface area contributed by atoms with Gasteiger partial charge in [-0.05, 0) is 30.7 Å². The van der Waals surface area contributed by atoms with Gasteiger partial charge in [0.25, 0.3) is 0 Å². The molecule has 1 heterocycles. The number of nitrogens with one attached hydrogen (secondary N) is 1. The van der Waals surface area contributed by atoms with E-state index in [0.717, 1.165) is 12.1 Å². The standard InChI is InChI=1S/C17H15ClF3N3O2S/c18-17-11-4-1-2-5-14(11)24(10-22-17)16-12(20)6-7-13(15(16)21)23-27(25,26)9-3-8-19/h1-2,4-7,23H,3,8-10H2. The van der Waals surface area contributed by atoms with Gasteiger partial charge in [0, 0.05) is 5.56 Å². The van der Waals surface area contributed by atoms with Crippen molar-refractivity contribution in [1.29, 1.82) is 0 Å². The quantitative estimate of drug-likeness (QED) is 0.767. The van der Waals surface area contributed by atoms with Crippen molar-refractivity contribution in [3.05, 3.63) is 53.6 Å². The zero-order valence-electron chi connectivity index (χ0n) is 13.9. The first-order valence-electron chi connectivity index (χ1n) is 7.95. The van der Waals surface area contributed by atoms with E-state index in [1.54, 1.807) is 24.3 Å². The predicted molar refractivity (Wildman–Crippen MR) is 100 cm³/mol. The molecule has 0 saturated heterocycles. The van der Waals surface area contributed by atoms with Crippen LogP contribution in [0.3, 0.4) is 0 Å². The molecule has 0 atom stereocenters. The van der Waals surface area contributed by atoms with Crippen LogP contribution < -0.4 is 9.62 Å². The fourth-order valence-electron chi connectivity index (χ4n) is 2.70. The maximum atomic E-state index is 15.0. The number of benzene rings is 2. The Morgan fingerprint density at radius 2 is 1.93 bits per heavy atom. The predicted octanol–water partition coefficient (Wildman–Crippen LogP) is 4.16. The Kier molecular flexibility index (Phi) is 5.61. The number of halogens is 4. The zero-order chi connectivity index (χ0) is 19.6. The lowest BCUT2D eigenvalue weighted by Gasteiger charge is -2.29. The molecule has 144 valence electrons. The SMILES string of the molecule is O=S(=O)(CCCF)Nc1ccc(F)c(N2CN=C(Cl)c3ccccc32)c1F. The fourth-order valence-corrected chi connectivity index (χ4v) is 4.00. The molecule has 0 amide bonds. The van der Waals surface area contributed by atoms with E-state index in [9.17, 15) is 21.6 Å². The Balaban J connectivity index is 2.03. The van der Waals surface area contributed by atoms with Crippen LogP contribution in [0.4, 0.5) is 30.2 Å². The van der Waals surface area contributed by atoms with Gasteiger partial charge in [-0.3, -0.25) is 14.1 Å². The lowest BCUT2D eigenvalue weighted by Crippen LogP contribution is -2.26. The van der Waals surface area contributed by atoms with Gasteiger partial charge >= 0.3 is 0 Å². The third kappa shape index (κ3) is 4.03. The second kappa shape index (κ2) is 7.77. The summed E-state index contributed by atoms with van der Waals surface area (Å²) < 4.78 is 67.6. The van der Waals surface area contributed by atoms with Crippen molar-refractivity contribution in [2.75, 3.05) is 28.7 Å². The highest BCUT2D eigenvalue weighted by atomic mass is 35.5. The van der Waals surface area contributed by atoms with E-state index in [2.05, 4.69) is 4.99 Å². The number of hydrogen-bond donors (Lipinski definition) is 1. The van der Waals surface area contributed by atoms with Crippen LogP contribution >= 0.6 is 11.6 Å². The summed E-state index contributed by atoms with van der Waals surface area (Å²) in [6, 6.07) is 8.61. The summed E-state index contributed by atoms with van der Waals surface area (Å²) >= 11 is 6.06. The van der Waals surface area contributed by atoms with Gasteiger partial charge in [0.2, 0.25) is 10.0 Å². The molecule has 1 aliphatic heterocycles. The van der Waals surface area contributed by atoms with Crippen LogP contribution in [0, 0.1) is 11.6 Å². The van der Waals surface area contributed by atoms with Crippen molar-refractivity contribution in [1.82, 2.24) is 0 Å². The Labute approximate surface area is 159 Å². The Bertz CT molecular complexity index is 999. The minimum atomic E-state index is -3.97. The third-order valence-corrected chi connectivity index (χ3v) is 5.60. The highest BCUT2D eigenvalue weighted by Gasteiger charge is 2.27. The molecule has 0 radical (unpaired) electrons. The van der Waals surface area contributed by atoms with Crippen molar-refractivity contribution in [2.24, 2.45) is 4.99 Å². The number of para-hydroxylation sites is 1. The van der Waals surface area contributed by atoms with E-state index < -0.39 is 45.5 Å². The molecule has 2 aromatic rings. The zero-order valence-corrected chi connectivity index (χ0v) is 15.5. The van der Waals surface area contributed by atoms with Crippen LogP contribution in [-0.2, 0) is 10.0 Å². The van der Waals surface area contributed by atoms with Crippen LogP contribution in [0.5, 0.6) is 0 Å². The normalized spacial score (nSPS) is 13.9. The monoisotopic (exact) mass is 417 g/mol. The molecule has 0 unspecified atom stereocenters. The van der Waals surface area contributed by atoms with Crippen molar-refractivity contribution in [3.63, 3.8) is 0 Å². The number of aliphatic imine (C=N–C) groups is 1. The Morgan fingerprint density at radius 1 is 1.19 bits per heavy atom. The largest absolute Gasteiger partial charge is 0.316 e. The highest BCUT2D eigenvalue weighted by molar-refractivity contribution is 7.92. The van der Waals surface area contributed by atoms with E-state index >= 15 is 0 Å². The number of hydrogen-bond acceptors (Lipinski definition) is 4. The topological polar surface area (TPSA) is 61.8 Å². The van der Waals surface area contributed by atoms with E-state index in [4.69, 9.17) is 11.6 Å². The van der Waals surface area contributed by atoms with Crippen LogP contribution in [0.2, 0.25) is 0 Å². The molecule has 0 saturated carbocycles. The van der Waals surface area contributed by atoms with Gasteiger partial charge in [-0.25, -0.2) is 17.2 Å². The lowest BCUT2D eigenvalue weighted by molar-refractivity contribution is 0.484.